The maximum absolute atomic E-state index is 12.4. The molecule has 1 N–H and O–H groups in total. The third-order valence-corrected chi connectivity index (χ3v) is 6.29. The molecule has 1 aliphatic heterocycles. The summed E-state index contributed by atoms with van der Waals surface area (Å²) in [5, 5.41) is 8.10. The number of rotatable bonds is 6. The van der Waals surface area contributed by atoms with Gasteiger partial charge in [0.05, 0.1) is 5.69 Å². The summed E-state index contributed by atoms with van der Waals surface area (Å²) in [6, 6.07) is 2.05. The topological polar surface area (TPSA) is 45.2 Å². The molecule has 1 amide bonds. The van der Waals surface area contributed by atoms with Crippen LogP contribution in [0.1, 0.15) is 47.5 Å². The van der Waals surface area contributed by atoms with E-state index in [-0.39, 0.29) is 5.91 Å². The van der Waals surface area contributed by atoms with Crippen LogP contribution in [0.5, 0.6) is 0 Å². The molecule has 0 spiro atoms. The molecule has 2 aromatic rings. The molecule has 6 heteroatoms. The Labute approximate surface area is 151 Å². The van der Waals surface area contributed by atoms with Gasteiger partial charge in [-0.1, -0.05) is 12.8 Å². The minimum Gasteiger partial charge on any atom is -0.351 e. The number of amides is 1. The number of likely N-dealkylation sites (tertiary alicyclic amines) is 1. The van der Waals surface area contributed by atoms with Gasteiger partial charge in [-0.05, 0) is 57.3 Å². The average molecular weight is 364 g/mol. The van der Waals surface area contributed by atoms with Gasteiger partial charge in [0.15, 0.2) is 0 Å². The van der Waals surface area contributed by atoms with E-state index in [0.717, 1.165) is 40.7 Å². The predicted molar refractivity (Wildman–Crippen MR) is 102 cm³/mol. The lowest BCUT2D eigenvalue weighted by Crippen LogP contribution is -2.30. The molecule has 0 aliphatic carbocycles. The summed E-state index contributed by atoms with van der Waals surface area (Å²) in [7, 11) is 0. The van der Waals surface area contributed by atoms with Crippen molar-refractivity contribution < 1.29 is 4.79 Å². The third-order valence-electron chi connectivity index (χ3n) is 4.41. The van der Waals surface area contributed by atoms with E-state index in [0.29, 0.717) is 0 Å². The molecule has 1 aliphatic rings. The molecule has 130 valence electrons. The lowest BCUT2D eigenvalue weighted by atomic mass is 10.2. The number of nitrogens with one attached hydrogen (secondary N) is 1. The van der Waals surface area contributed by atoms with Crippen molar-refractivity contribution >= 4 is 28.6 Å². The van der Waals surface area contributed by atoms with Crippen molar-refractivity contribution in [3.63, 3.8) is 0 Å². The van der Waals surface area contributed by atoms with Crippen molar-refractivity contribution in [2.45, 2.75) is 39.0 Å². The normalized spacial score (nSPS) is 16.0. The van der Waals surface area contributed by atoms with E-state index in [2.05, 4.69) is 20.6 Å². The first-order valence-electron chi connectivity index (χ1n) is 8.74. The van der Waals surface area contributed by atoms with Crippen molar-refractivity contribution in [3.05, 3.63) is 27.4 Å². The molecule has 0 aromatic carbocycles. The first kappa shape index (κ1) is 17.6. The molecular formula is C18H25N3OS2. The molecule has 0 saturated carbocycles. The van der Waals surface area contributed by atoms with Crippen LogP contribution in [0.15, 0.2) is 16.8 Å². The SMILES string of the molecule is Cc1nc(-c2ccsc2)sc1C(=O)NCCCN1CCCCCC1. The maximum atomic E-state index is 12.4. The fourth-order valence-electron chi connectivity index (χ4n) is 3.06. The fraction of sp³-hybridized carbons (Fsp3) is 0.556. The van der Waals surface area contributed by atoms with Crippen LogP contribution in [0.25, 0.3) is 10.6 Å². The average Bonchev–Trinajstić information content (AvgIpc) is 3.16. The summed E-state index contributed by atoms with van der Waals surface area (Å²) in [4.78, 5) is 20.2. The zero-order chi connectivity index (χ0) is 16.8. The first-order valence-corrected chi connectivity index (χ1v) is 10.5. The monoisotopic (exact) mass is 363 g/mol. The highest BCUT2D eigenvalue weighted by Gasteiger charge is 2.16. The highest BCUT2D eigenvalue weighted by molar-refractivity contribution is 7.17. The van der Waals surface area contributed by atoms with Gasteiger partial charge >= 0.3 is 0 Å². The number of carbonyl (C=O) groups is 1. The van der Waals surface area contributed by atoms with Crippen LogP contribution in [0.4, 0.5) is 0 Å². The Bertz CT molecular complexity index is 643. The van der Waals surface area contributed by atoms with E-state index in [4.69, 9.17) is 0 Å². The number of aryl methyl sites for hydroxylation is 1. The highest BCUT2D eigenvalue weighted by atomic mass is 32.1. The van der Waals surface area contributed by atoms with Crippen LogP contribution in [0.3, 0.4) is 0 Å². The van der Waals surface area contributed by atoms with Crippen molar-refractivity contribution in [2.75, 3.05) is 26.2 Å². The van der Waals surface area contributed by atoms with E-state index in [9.17, 15) is 4.79 Å². The van der Waals surface area contributed by atoms with Gasteiger partial charge in [0.25, 0.3) is 5.91 Å². The minimum atomic E-state index is 0.0161. The number of hydrogen-bond donors (Lipinski definition) is 1. The third kappa shape index (κ3) is 4.65. The second-order valence-corrected chi connectivity index (χ2v) is 8.09. The van der Waals surface area contributed by atoms with Gasteiger partial charge in [-0.2, -0.15) is 11.3 Å². The van der Waals surface area contributed by atoms with Gasteiger partial charge in [-0.15, -0.1) is 11.3 Å². The number of nitrogens with zero attached hydrogens (tertiary/aromatic N) is 2. The van der Waals surface area contributed by atoms with E-state index in [1.807, 2.05) is 18.4 Å². The largest absolute Gasteiger partial charge is 0.351 e. The molecule has 1 fully saturated rings. The summed E-state index contributed by atoms with van der Waals surface area (Å²) in [5.41, 5.74) is 1.93. The van der Waals surface area contributed by atoms with Crippen LogP contribution in [0.2, 0.25) is 0 Å². The van der Waals surface area contributed by atoms with Crippen LogP contribution in [-0.2, 0) is 0 Å². The van der Waals surface area contributed by atoms with Crippen molar-refractivity contribution in [1.82, 2.24) is 15.2 Å². The molecule has 3 rings (SSSR count). The van der Waals surface area contributed by atoms with Crippen molar-refractivity contribution in [1.29, 1.82) is 0 Å². The summed E-state index contributed by atoms with van der Waals surface area (Å²) in [6.45, 7) is 6.17. The van der Waals surface area contributed by atoms with Crippen molar-refractivity contribution in [2.24, 2.45) is 0 Å². The van der Waals surface area contributed by atoms with Gasteiger partial charge < -0.3 is 10.2 Å². The smallest absolute Gasteiger partial charge is 0.263 e. The summed E-state index contributed by atoms with van der Waals surface area (Å²) in [6.07, 6.45) is 6.38. The Hall–Kier alpha value is -1.24. The second-order valence-electron chi connectivity index (χ2n) is 6.31. The Morgan fingerprint density at radius 2 is 2.08 bits per heavy atom. The lowest BCUT2D eigenvalue weighted by molar-refractivity contribution is 0.0955. The molecule has 0 radical (unpaired) electrons. The molecule has 0 bridgehead atoms. The zero-order valence-electron chi connectivity index (χ0n) is 14.2. The van der Waals surface area contributed by atoms with Crippen LogP contribution >= 0.6 is 22.7 Å². The Kier molecular flexibility index (Phi) is 6.40. The van der Waals surface area contributed by atoms with Crippen LogP contribution in [-0.4, -0.2) is 42.0 Å². The number of thiophene rings is 1. The van der Waals surface area contributed by atoms with E-state index in [1.165, 1.54) is 50.1 Å². The molecule has 24 heavy (non-hydrogen) atoms. The Morgan fingerprint density at radius 1 is 1.29 bits per heavy atom. The van der Waals surface area contributed by atoms with Gasteiger partial charge in [0, 0.05) is 17.5 Å². The van der Waals surface area contributed by atoms with E-state index < -0.39 is 0 Å². The number of carbonyl (C=O) groups excluding carboxylic acids is 1. The molecule has 1 saturated heterocycles. The zero-order valence-corrected chi connectivity index (χ0v) is 15.8. The van der Waals surface area contributed by atoms with E-state index >= 15 is 0 Å². The number of aromatic nitrogens is 1. The van der Waals surface area contributed by atoms with Crippen LogP contribution in [0, 0.1) is 6.92 Å². The standard InChI is InChI=1S/C18H25N3OS2/c1-14-16(24-18(20-14)15-7-12-23-13-15)17(22)19-8-6-11-21-9-4-2-3-5-10-21/h7,12-13H,2-6,8-11H2,1H3,(H,19,22). The van der Waals surface area contributed by atoms with Gasteiger partial charge in [0.2, 0.25) is 0 Å². The van der Waals surface area contributed by atoms with Gasteiger partial charge in [0.1, 0.15) is 9.88 Å². The maximum Gasteiger partial charge on any atom is 0.263 e. The highest BCUT2D eigenvalue weighted by Crippen LogP contribution is 2.29. The fourth-order valence-corrected chi connectivity index (χ4v) is 4.76. The number of thiazole rings is 1. The molecule has 3 heterocycles. The minimum absolute atomic E-state index is 0.0161. The first-order chi connectivity index (χ1) is 11.7. The van der Waals surface area contributed by atoms with Crippen LogP contribution < -0.4 is 5.32 Å². The lowest BCUT2D eigenvalue weighted by Gasteiger charge is -2.19. The van der Waals surface area contributed by atoms with E-state index in [1.54, 1.807) is 11.3 Å². The summed E-state index contributed by atoms with van der Waals surface area (Å²) in [5.74, 6) is 0.0161. The second kappa shape index (κ2) is 8.74. The Morgan fingerprint density at radius 3 is 2.79 bits per heavy atom. The molecular weight excluding hydrogens is 338 g/mol. The van der Waals surface area contributed by atoms with Gasteiger partial charge in [-0.25, -0.2) is 4.98 Å². The predicted octanol–water partition coefficient (Wildman–Crippen LogP) is 4.18. The molecule has 4 nitrogen and oxygen atoms in total. The molecule has 2 aromatic heterocycles. The number of hydrogen-bond acceptors (Lipinski definition) is 5. The molecule has 0 unspecified atom stereocenters. The van der Waals surface area contributed by atoms with Gasteiger partial charge in [-0.3, -0.25) is 4.79 Å². The van der Waals surface area contributed by atoms with Crippen molar-refractivity contribution in [3.8, 4) is 10.6 Å². The summed E-state index contributed by atoms with van der Waals surface area (Å²) >= 11 is 3.14. The Balaban J connectivity index is 1.47. The quantitative estimate of drug-likeness (QED) is 0.783. The molecule has 0 atom stereocenters. The summed E-state index contributed by atoms with van der Waals surface area (Å²) < 4.78 is 0.